The average Bonchev–Trinajstić information content (AvgIpc) is 3.49. The van der Waals surface area contributed by atoms with E-state index in [1.54, 1.807) is 30.5 Å². The highest BCUT2D eigenvalue weighted by atomic mass is 19.1. The summed E-state index contributed by atoms with van der Waals surface area (Å²) in [6.45, 7) is 4.70. The molecule has 4 atom stereocenters. The van der Waals surface area contributed by atoms with Gasteiger partial charge < -0.3 is 29.5 Å². The summed E-state index contributed by atoms with van der Waals surface area (Å²) in [4.78, 5) is 38.8. The number of halogens is 2. The van der Waals surface area contributed by atoms with E-state index in [0.29, 0.717) is 57.0 Å². The molecule has 0 bridgehead atoms. The molecular weight excluding hydrogens is 616 g/mol. The van der Waals surface area contributed by atoms with E-state index >= 15 is 0 Å². The summed E-state index contributed by atoms with van der Waals surface area (Å²) < 4.78 is 39.4. The largest absolute Gasteiger partial charge is 0.474 e. The van der Waals surface area contributed by atoms with E-state index in [9.17, 15) is 18.4 Å². The molecule has 0 radical (unpaired) electrons. The number of esters is 1. The Morgan fingerprint density at radius 3 is 1.98 bits per heavy atom. The maximum Gasteiger partial charge on any atom is 0.311 e. The van der Waals surface area contributed by atoms with Crippen molar-refractivity contribution in [2.24, 2.45) is 11.8 Å². The molecule has 1 saturated carbocycles. The molecular formula is C37H43F2N5O4. The number of pyridine rings is 1. The SMILES string of the molecule is O=C(NC(CN1CCCC1)C(OC(=O)C1CCN(c2ccc(F)cc2)C1)c1ccc(OC2CC2)nc1)C1CCN(c2ccc(F)cc2)C1. The molecule has 9 nitrogen and oxygen atoms in total. The minimum atomic E-state index is -0.765. The number of ether oxygens (including phenoxy) is 2. The second kappa shape index (κ2) is 14.5. The molecule has 1 amide bonds. The Morgan fingerprint density at radius 1 is 0.792 bits per heavy atom. The van der Waals surface area contributed by atoms with Crippen LogP contribution in [0.2, 0.25) is 0 Å². The van der Waals surface area contributed by atoms with E-state index in [-0.39, 0.29) is 41.5 Å². The Labute approximate surface area is 280 Å². The first-order chi connectivity index (χ1) is 23.4. The minimum absolute atomic E-state index is 0.0881. The monoisotopic (exact) mass is 659 g/mol. The van der Waals surface area contributed by atoms with Gasteiger partial charge in [0.15, 0.2) is 0 Å². The molecule has 48 heavy (non-hydrogen) atoms. The summed E-state index contributed by atoms with van der Waals surface area (Å²) in [6, 6.07) is 15.9. The van der Waals surface area contributed by atoms with E-state index in [1.165, 1.54) is 24.3 Å². The third-order valence-corrected chi connectivity index (χ3v) is 9.95. The Balaban J connectivity index is 1.10. The van der Waals surface area contributed by atoms with Crippen LogP contribution in [0, 0.1) is 23.5 Å². The Kier molecular flexibility index (Phi) is 9.74. The molecule has 3 saturated heterocycles. The minimum Gasteiger partial charge on any atom is -0.474 e. The standard InChI is InChI=1S/C37H43F2N5O4/c38-28-4-8-30(9-5-28)43-19-15-26(22-43)36(45)41-33(24-42-17-1-2-18-42)35(25-3-14-34(40-21-25)47-32-12-13-32)48-37(46)27-16-20-44(23-27)31-10-6-29(39)7-11-31/h3-11,14,21,26-27,32-33,35H,1-2,12-13,15-20,22-24H2,(H,41,45). The number of hydrogen-bond donors (Lipinski definition) is 1. The van der Waals surface area contributed by atoms with Crippen LogP contribution in [0.3, 0.4) is 0 Å². The van der Waals surface area contributed by atoms with Crippen molar-refractivity contribution in [1.82, 2.24) is 15.2 Å². The summed E-state index contributed by atoms with van der Waals surface area (Å²) in [6.07, 6.45) is 6.61. The summed E-state index contributed by atoms with van der Waals surface area (Å²) in [7, 11) is 0. The first kappa shape index (κ1) is 32.3. The van der Waals surface area contributed by atoms with Gasteiger partial charge in [0.1, 0.15) is 23.8 Å². The summed E-state index contributed by atoms with van der Waals surface area (Å²) in [5.74, 6) is -1.11. The molecule has 2 aromatic carbocycles. The van der Waals surface area contributed by atoms with Crippen molar-refractivity contribution in [2.45, 2.75) is 56.8 Å². The van der Waals surface area contributed by atoms with E-state index < -0.39 is 12.1 Å². The lowest BCUT2D eigenvalue weighted by Crippen LogP contribution is -2.50. The predicted octanol–water partition coefficient (Wildman–Crippen LogP) is 5.12. The number of amides is 1. The van der Waals surface area contributed by atoms with E-state index in [2.05, 4.69) is 25.0 Å². The molecule has 1 aromatic heterocycles. The Hall–Kier alpha value is -4.25. The van der Waals surface area contributed by atoms with Gasteiger partial charge in [-0.2, -0.15) is 0 Å². The fourth-order valence-electron chi connectivity index (χ4n) is 7.05. The van der Waals surface area contributed by atoms with Crippen LogP contribution >= 0.6 is 0 Å². The summed E-state index contributed by atoms with van der Waals surface area (Å²) in [5.41, 5.74) is 2.45. The van der Waals surface area contributed by atoms with Crippen molar-refractivity contribution in [3.05, 3.63) is 84.1 Å². The van der Waals surface area contributed by atoms with Crippen LogP contribution in [0.1, 0.15) is 50.2 Å². The third-order valence-electron chi connectivity index (χ3n) is 9.95. The fraction of sp³-hybridized carbons (Fsp3) is 0.486. The van der Waals surface area contributed by atoms with Gasteiger partial charge in [-0.1, -0.05) is 0 Å². The number of nitrogens with one attached hydrogen (secondary N) is 1. The zero-order valence-electron chi connectivity index (χ0n) is 27.1. The summed E-state index contributed by atoms with van der Waals surface area (Å²) in [5, 5.41) is 3.31. The van der Waals surface area contributed by atoms with Gasteiger partial charge in [-0.3, -0.25) is 9.59 Å². The van der Waals surface area contributed by atoms with E-state index in [1.807, 2.05) is 12.1 Å². The van der Waals surface area contributed by atoms with Crippen molar-refractivity contribution in [1.29, 1.82) is 0 Å². The lowest BCUT2D eigenvalue weighted by molar-refractivity contribution is -0.156. The summed E-state index contributed by atoms with van der Waals surface area (Å²) >= 11 is 0. The van der Waals surface area contributed by atoms with Crippen LogP contribution in [0.25, 0.3) is 0 Å². The number of anilines is 2. The number of hydrogen-bond acceptors (Lipinski definition) is 8. The second-order valence-corrected chi connectivity index (χ2v) is 13.5. The van der Waals surface area contributed by atoms with Gasteiger partial charge in [-0.25, -0.2) is 13.8 Å². The number of aromatic nitrogens is 1. The average molecular weight is 660 g/mol. The fourth-order valence-corrected chi connectivity index (χ4v) is 7.05. The Bertz CT molecular complexity index is 1550. The lowest BCUT2D eigenvalue weighted by atomic mass is 10.0. The van der Waals surface area contributed by atoms with Crippen molar-refractivity contribution in [3.63, 3.8) is 0 Å². The molecule has 1 N–H and O–H groups in total. The first-order valence-electron chi connectivity index (χ1n) is 17.2. The molecule has 0 spiro atoms. The van der Waals surface area contributed by atoms with Crippen LogP contribution in [-0.2, 0) is 14.3 Å². The number of likely N-dealkylation sites (tertiary alicyclic amines) is 1. The first-order valence-corrected chi connectivity index (χ1v) is 17.2. The zero-order chi connectivity index (χ0) is 33.0. The van der Waals surface area contributed by atoms with Crippen LogP contribution in [0.15, 0.2) is 66.9 Å². The highest BCUT2D eigenvalue weighted by Gasteiger charge is 2.38. The van der Waals surface area contributed by atoms with Crippen LogP contribution < -0.4 is 19.9 Å². The number of carbonyl (C=O) groups is 2. The number of carbonyl (C=O) groups excluding carboxylic acids is 2. The van der Waals surface area contributed by atoms with Gasteiger partial charge in [-0.15, -0.1) is 0 Å². The van der Waals surface area contributed by atoms with Crippen molar-refractivity contribution in [2.75, 3.05) is 55.6 Å². The highest BCUT2D eigenvalue weighted by molar-refractivity contribution is 5.81. The smallest absolute Gasteiger partial charge is 0.311 e. The van der Waals surface area contributed by atoms with Gasteiger partial charge in [0, 0.05) is 61.9 Å². The normalized spacial score (nSPS) is 22.5. The molecule has 1 aliphatic carbocycles. The molecule has 3 aliphatic heterocycles. The highest BCUT2D eigenvalue weighted by Crippen LogP contribution is 2.32. The molecule has 3 aromatic rings. The number of nitrogens with zero attached hydrogens (tertiary/aromatic N) is 4. The molecule has 7 rings (SSSR count). The zero-order valence-corrected chi connectivity index (χ0v) is 27.1. The van der Waals surface area contributed by atoms with E-state index in [0.717, 1.165) is 50.1 Å². The maximum absolute atomic E-state index is 13.9. The molecule has 4 aliphatic rings. The van der Waals surface area contributed by atoms with Gasteiger partial charge in [0.25, 0.3) is 0 Å². The second-order valence-electron chi connectivity index (χ2n) is 13.5. The topological polar surface area (TPSA) is 87.2 Å². The van der Waals surface area contributed by atoms with Gasteiger partial charge in [0.05, 0.1) is 17.9 Å². The van der Waals surface area contributed by atoms with Crippen LogP contribution in [0.4, 0.5) is 20.2 Å². The van der Waals surface area contributed by atoms with Gasteiger partial charge >= 0.3 is 5.97 Å². The van der Waals surface area contributed by atoms with Crippen molar-refractivity contribution < 1.29 is 27.8 Å². The molecule has 11 heteroatoms. The van der Waals surface area contributed by atoms with Crippen LogP contribution in [0.5, 0.6) is 5.88 Å². The van der Waals surface area contributed by atoms with Crippen molar-refractivity contribution >= 4 is 23.3 Å². The van der Waals surface area contributed by atoms with E-state index in [4.69, 9.17) is 9.47 Å². The molecule has 254 valence electrons. The Morgan fingerprint density at radius 2 is 1.40 bits per heavy atom. The molecule has 4 fully saturated rings. The predicted molar refractivity (Wildman–Crippen MR) is 178 cm³/mol. The van der Waals surface area contributed by atoms with Crippen LogP contribution in [-0.4, -0.2) is 79.7 Å². The number of rotatable bonds is 12. The quantitative estimate of drug-likeness (QED) is 0.269. The molecule has 4 heterocycles. The van der Waals surface area contributed by atoms with Gasteiger partial charge in [0.2, 0.25) is 11.8 Å². The lowest BCUT2D eigenvalue weighted by Gasteiger charge is -2.32. The van der Waals surface area contributed by atoms with Gasteiger partial charge in [-0.05, 0) is 106 Å². The number of benzene rings is 2. The van der Waals surface area contributed by atoms with Crippen molar-refractivity contribution in [3.8, 4) is 5.88 Å². The third kappa shape index (κ3) is 7.89. The molecule has 4 unspecified atom stereocenters. The maximum atomic E-state index is 13.9.